The van der Waals surface area contributed by atoms with Gasteiger partial charge >= 0.3 is 5.97 Å². The number of aryl methyl sites for hydroxylation is 2. The van der Waals surface area contributed by atoms with Crippen molar-refractivity contribution in [1.29, 1.82) is 0 Å². The van der Waals surface area contributed by atoms with Crippen LogP contribution in [0, 0.1) is 25.2 Å². The first-order chi connectivity index (χ1) is 8.81. The minimum Gasteiger partial charge on any atom is -0.481 e. The number of carboxylic acids is 1. The predicted octanol–water partition coefficient (Wildman–Crippen LogP) is 3.24. The zero-order chi connectivity index (χ0) is 14.2. The van der Waals surface area contributed by atoms with Crippen molar-refractivity contribution in [3.8, 4) is 0 Å². The van der Waals surface area contributed by atoms with Gasteiger partial charge in [0.2, 0.25) is 0 Å². The molecule has 0 spiro atoms. The fourth-order valence-corrected chi connectivity index (χ4v) is 2.73. The SMILES string of the molecule is Cc1ccc(N2CCC(C)(C)C(C(=O)O)C2)cc1C. The Morgan fingerprint density at radius 3 is 2.58 bits per heavy atom. The highest BCUT2D eigenvalue weighted by atomic mass is 16.4. The van der Waals surface area contributed by atoms with Crippen molar-refractivity contribution in [2.45, 2.75) is 34.1 Å². The van der Waals surface area contributed by atoms with Crippen LogP contribution in [0.1, 0.15) is 31.4 Å². The normalized spacial score (nSPS) is 22.3. The maximum atomic E-state index is 11.4. The standard InChI is InChI=1S/C16H23NO2/c1-11-5-6-13(9-12(11)2)17-8-7-16(3,4)14(10-17)15(18)19/h5-6,9,14H,7-8,10H2,1-4H3,(H,18,19). The van der Waals surface area contributed by atoms with Gasteiger partial charge in [-0.2, -0.15) is 0 Å². The lowest BCUT2D eigenvalue weighted by Gasteiger charge is -2.43. The molecule has 0 aromatic heterocycles. The average molecular weight is 261 g/mol. The van der Waals surface area contributed by atoms with Crippen LogP contribution in [0.2, 0.25) is 0 Å². The summed E-state index contributed by atoms with van der Waals surface area (Å²) in [5, 5.41) is 9.41. The highest BCUT2D eigenvalue weighted by molar-refractivity contribution is 5.72. The summed E-state index contributed by atoms with van der Waals surface area (Å²) in [4.78, 5) is 13.6. The third-order valence-corrected chi connectivity index (χ3v) is 4.53. The van der Waals surface area contributed by atoms with Gasteiger partial charge in [-0.05, 0) is 48.9 Å². The zero-order valence-electron chi connectivity index (χ0n) is 12.2. The lowest BCUT2D eigenvalue weighted by molar-refractivity contribution is -0.146. The van der Waals surface area contributed by atoms with E-state index in [1.54, 1.807) is 0 Å². The van der Waals surface area contributed by atoms with E-state index in [0.717, 1.165) is 18.7 Å². The summed E-state index contributed by atoms with van der Waals surface area (Å²) in [6, 6.07) is 6.37. The molecule has 1 unspecified atom stereocenters. The van der Waals surface area contributed by atoms with Gasteiger partial charge in [-0.15, -0.1) is 0 Å². The predicted molar refractivity (Wildman–Crippen MR) is 77.7 cm³/mol. The van der Waals surface area contributed by atoms with E-state index in [1.807, 2.05) is 0 Å². The first-order valence-electron chi connectivity index (χ1n) is 6.86. The van der Waals surface area contributed by atoms with Crippen molar-refractivity contribution in [2.24, 2.45) is 11.3 Å². The number of nitrogens with zero attached hydrogens (tertiary/aromatic N) is 1. The maximum absolute atomic E-state index is 11.4. The largest absolute Gasteiger partial charge is 0.481 e. The van der Waals surface area contributed by atoms with Gasteiger partial charge in [-0.1, -0.05) is 19.9 Å². The van der Waals surface area contributed by atoms with Crippen molar-refractivity contribution in [2.75, 3.05) is 18.0 Å². The lowest BCUT2D eigenvalue weighted by atomic mass is 9.73. The Morgan fingerprint density at radius 1 is 1.32 bits per heavy atom. The monoisotopic (exact) mass is 261 g/mol. The minimum atomic E-state index is -0.682. The quantitative estimate of drug-likeness (QED) is 0.888. The second-order valence-electron chi connectivity index (χ2n) is 6.34. The molecule has 0 saturated carbocycles. The molecule has 1 aliphatic rings. The second-order valence-corrected chi connectivity index (χ2v) is 6.34. The third-order valence-electron chi connectivity index (χ3n) is 4.53. The number of hydrogen-bond acceptors (Lipinski definition) is 2. The maximum Gasteiger partial charge on any atom is 0.308 e. The van der Waals surface area contributed by atoms with Crippen molar-refractivity contribution < 1.29 is 9.90 Å². The number of anilines is 1. The molecule has 1 N–H and O–H groups in total. The molecule has 2 rings (SSSR count). The molecule has 0 aliphatic carbocycles. The molecule has 0 amide bonds. The van der Waals surface area contributed by atoms with Crippen molar-refractivity contribution in [1.82, 2.24) is 0 Å². The molecular formula is C16H23NO2. The van der Waals surface area contributed by atoms with Gasteiger partial charge in [0.05, 0.1) is 5.92 Å². The molecular weight excluding hydrogens is 238 g/mol. The van der Waals surface area contributed by atoms with Gasteiger partial charge in [0, 0.05) is 18.8 Å². The fourth-order valence-electron chi connectivity index (χ4n) is 2.73. The molecule has 1 atom stereocenters. The van der Waals surface area contributed by atoms with E-state index in [-0.39, 0.29) is 11.3 Å². The minimum absolute atomic E-state index is 0.123. The van der Waals surface area contributed by atoms with Crippen LogP contribution < -0.4 is 4.90 Å². The van der Waals surface area contributed by atoms with E-state index in [0.29, 0.717) is 6.54 Å². The highest BCUT2D eigenvalue weighted by Gasteiger charge is 2.40. The molecule has 0 bridgehead atoms. The Labute approximate surface area is 115 Å². The molecule has 3 nitrogen and oxygen atoms in total. The average Bonchev–Trinajstić information content (AvgIpc) is 2.32. The highest BCUT2D eigenvalue weighted by Crippen LogP contribution is 2.37. The summed E-state index contributed by atoms with van der Waals surface area (Å²) in [7, 11) is 0. The number of benzene rings is 1. The van der Waals surface area contributed by atoms with Crippen molar-refractivity contribution in [3.05, 3.63) is 29.3 Å². The van der Waals surface area contributed by atoms with Gasteiger partial charge in [0.1, 0.15) is 0 Å². The van der Waals surface area contributed by atoms with Crippen molar-refractivity contribution in [3.63, 3.8) is 0 Å². The van der Waals surface area contributed by atoms with Crippen LogP contribution in [0.15, 0.2) is 18.2 Å². The summed E-state index contributed by atoms with van der Waals surface area (Å²) in [5.41, 5.74) is 3.55. The Morgan fingerprint density at radius 2 is 2.00 bits per heavy atom. The second kappa shape index (κ2) is 4.87. The van der Waals surface area contributed by atoms with Crippen LogP contribution >= 0.6 is 0 Å². The number of rotatable bonds is 2. The number of hydrogen-bond donors (Lipinski definition) is 1. The Kier molecular flexibility index (Phi) is 3.57. The van der Waals surface area contributed by atoms with Crippen LogP contribution in [-0.2, 0) is 4.79 Å². The number of piperidine rings is 1. The summed E-state index contributed by atoms with van der Waals surface area (Å²) in [5.74, 6) is -0.985. The van der Waals surface area contributed by atoms with Crippen LogP contribution in [0.4, 0.5) is 5.69 Å². The molecule has 1 aromatic rings. The summed E-state index contributed by atoms with van der Waals surface area (Å²) < 4.78 is 0. The molecule has 1 aliphatic heterocycles. The number of carbonyl (C=O) groups is 1. The molecule has 19 heavy (non-hydrogen) atoms. The van der Waals surface area contributed by atoms with E-state index in [1.165, 1.54) is 11.1 Å². The zero-order valence-corrected chi connectivity index (χ0v) is 12.2. The Bertz CT molecular complexity index is 494. The van der Waals surface area contributed by atoms with E-state index < -0.39 is 5.97 Å². The van der Waals surface area contributed by atoms with E-state index in [2.05, 4.69) is 50.8 Å². The van der Waals surface area contributed by atoms with E-state index >= 15 is 0 Å². The lowest BCUT2D eigenvalue weighted by Crippen LogP contribution is -2.48. The molecule has 1 aromatic carbocycles. The van der Waals surface area contributed by atoms with Crippen molar-refractivity contribution >= 4 is 11.7 Å². The molecule has 0 radical (unpaired) electrons. The molecule has 1 heterocycles. The van der Waals surface area contributed by atoms with Gasteiger partial charge in [0.25, 0.3) is 0 Å². The summed E-state index contributed by atoms with van der Waals surface area (Å²) >= 11 is 0. The smallest absolute Gasteiger partial charge is 0.308 e. The first kappa shape index (κ1) is 13.9. The van der Waals surface area contributed by atoms with Crippen LogP contribution in [0.5, 0.6) is 0 Å². The first-order valence-corrected chi connectivity index (χ1v) is 6.86. The summed E-state index contributed by atoms with van der Waals surface area (Å²) in [6.45, 7) is 9.84. The van der Waals surface area contributed by atoms with E-state index in [4.69, 9.17) is 0 Å². The Hall–Kier alpha value is -1.51. The van der Waals surface area contributed by atoms with Gasteiger partial charge in [0.15, 0.2) is 0 Å². The van der Waals surface area contributed by atoms with Crippen LogP contribution in [0.3, 0.4) is 0 Å². The third kappa shape index (κ3) is 2.75. The van der Waals surface area contributed by atoms with Crippen LogP contribution in [0.25, 0.3) is 0 Å². The van der Waals surface area contributed by atoms with Gasteiger partial charge in [-0.3, -0.25) is 4.79 Å². The fraction of sp³-hybridized carbons (Fsp3) is 0.562. The molecule has 1 fully saturated rings. The number of aliphatic carboxylic acids is 1. The molecule has 3 heteroatoms. The van der Waals surface area contributed by atoms with Gasteiger partial charge in [-0.25, -0.2) is 0 Å². The Balaban J connectivity index is 2.23. The van der Waals surface area contributed by atoms with E-state index in [9.17, 15) is 9.90 Å². The molecule has 104 valence electrons. The number of carboxylic acid groups (broad SMARTS) is 1. The topological polar surface area (TPSA) is 40.5 Å². The molecule has 1 saturated heterocycles. The summed E-state index contributed by atoms with van der Waals surface area (Å²) in [6.07, 6.45) is 0.914. The van der Waals surface area contributed by atoms with Crippen LogP contribution in [-0.4, -0.2) is 24.2 Å². The van der Waals surface area contributed by atoms with Gasteiger partial charge < -0.3 is 10.0 Å².